The molecule has 2 heterocycles. The molecular weight excluding hydrogens is 346 g/mol. The van der Waals surface area contributed by atoms with E-state index in [1.807, 2.05) is 0 Å². The Morgan fingerprint density at radius 2 is 2.05 bits per heavy atom. The third-order valence-electron chi connectivity index (χ3n) is 1.97. The molecule has 0 spiro atoms. The molecule has 0 saturated carbocycles. The Bertz CT molecular complexity index is 703. The van der Waals surface area contributed by atoms with Gasteiger partial charge >= 0.3 is 7.82 Å². The van der Waals surface area contributed by atoms with Crippen molar-refractivity contribution in [2.45, 2.75) is 0 Å². The average Bonchev–Trinajstić information content (AvgIpc) is 2.95. The number of fused-ring (bicyclic) bond motifs is 1. The fourth-order valence-electron chi connectivity index (χ4n) is 1.04. The standard InChI is InChI=1S/C5H4N4O.C4H7Cl2O4P/c10-5-3-1-8-9-4(3)6-2-7-5;1-8-11(7,9-2)10-3-4(5)6/h1-2H,(H2,6,7,8,9,10);3H,1-2H3. The minimum Gasteiger partial charge on any atom is -0.409 e. The summed E-state index contributed by atoms with van der Waals surface area (Å²) in [4.78, 5) is 17.1. The van der Waals surface area contributed by atoms with E-state index >= 15 is 0 Å². The van der Waals surface area contributed by atoms with Crippen molar-refractivity contribution in [2.24, 2.45) is 0 Å². The molecule has 0 radical (unpaired) electrons. The quantitative estimate of drug-likeness (QED) is 0.637. The molecule has 0 aliphatic rings. The van der Waals surface area contributed by atoms with Crippen LogP contribution in [-0.2, 0) is 18.1 Å². The minimum absolute atomic E-state index is 0.167. The molecule has 2 aromatic rings. The molecule has 2 N–H and O–H groups in total. The van der Waals surface area contributed by atoms with Crippen LogP contribution in [0.2, 0.25) is 0 Å². The van der Waals surface area contributed by atoms with Crippen LogP contribution in [-0.4, -0.2) is 34.4 Å². The monoisotopic (exact) mass is 356 g/mol. The van der Waals surface area contributed by atoms with E-state index in [0.717, 1.165) is 6.26 Å². The van der Waals surface area contributed by atoms with Crippen LogP contribution in [0.5, 0.6) is 0 Å². The number of aromatic nitrogens is 4. The van der Waals surface area contributed by atoms with Crippen LogP contribution in [0, 0.1) is 0 Å². The van der Waals surface area contributed by atoms with Crippen LogP contribution in [0.15, 0.2) is 28.1 Å². The van der Waals surface area contributed by atoms with Gasteiger partial charge in [0.05, 0.1) is 12.5 Å². The molecule has 0 aliphatic heterocycles. The van der Waals surface area contributed by atoms with Crippen molar-refractivity contribution in [3.05, 3.63) is 33.6 Å². The highest BCUT2D eigenvalue weighted by Gasteiger charge is 2.22. The summed E-state index contributed by atoms with van der Waals surface area (Å²) < 4.78 is 24.1. The lowest BCUT2D eigenvalue weighted by atomic mass is 10.4. The highest BCUT2D eigenvalue weighted by Crippen LogP contribution is 2.48. The van der Waals surface area contributed by atoms with E-state index in [9.17, 15) is 9.36 Å². The molecule has 116 valence electrons. The topological polar surface area (TPSA) is 119 Å². The van der Waals surface area contributed by atoms with Crippen LogP contribution >= 0.6 is 31.0 Å². The zero-order valence-electron chi connectivity index (χ0n) is 10.9. The van der Waals surface area contributed by atoms with E-state index in [1.54, 1.807) is 0 Å². The largest absolute Gasteiger partial charge is 0.529 e. The lowest BCUT2D eigenvalue weighted by Crippen LogP contribution is -2.04. The van der Waals surface area contributed by atoms with E-state index in [1.165, 1.54) is 26.7 Å². The van der Waals surface area contributed by atoms with Crippen LogP contribution in [0.25, 0.3) is 11.0 Å². The molecule has 0 bridgehead atoms. The van der Waals surface area contributed by atoms with Crippen LogP contribution in [0.3, 0.4) is 0 Å². The van der Waals surface area contributed by atoms with Crippen LogP contribution in [0.1, 0.15) is 0 Å². The lowest BCUT2D eigenvalue weighted by molar-refractivity contribution is 0.194. The third kappa shape index (κ3) is 5.49. The molecule has 0 saturated heterocycles. The van der Waals surface area contributed by atoms with Gasteiger partial charge in [-0.05, 0) is 0 Å². The van der Waals surface area contributed by atoms with E-state index < -0.39 is 7.82 Å². The first-order valence-electron chi connectivity index (χ1n) is 5.19. The molecule has 0 aromatic carbocycles. The molecule has 9 nitrogen and oxygen atoms in total. The number of hydrogen-bond acceptors (Lipinski definition) is 7. The molecule has 0 amide bonds. The average molecular weight is 357 g/mol. The number of hydrogen-bond donors (Lipinski definition) is 2. The molecular formula is C9H11Cl2N4O5P. The van der Waals surface area contributed by atoms with Gasteiger partial charge in [-0.25, -0.2) is 9.55 Å². The number of rotatable bonds is 4. The molecule has 0 unspecified atom stereocenters. The van der Waals surface area contributed by atoms with Gasteiger partial charge < -0.3 is 9.51 Å². The van der Waals surface area contributed by atoms with Crippen molar-refractivity contribution in [1.29, 1.82) is 0 Å². The molecule has 21 heavy (non-hydrogen) atoms. The third-order valence-corrected chi connectivity index (χ3v) is 3.41. The van der Waals surface area contributed by atoms with Crippen LogP contribution in [0.4, 0.5) is 0 Å². The van der Waals surface area contributed by atoms with Gasteiger partial charge in [0.1, 0.15) is 16.1 Å². The predicted octanol–water partition coefficient (Wildman–Crippen LogP) is 2.33. The van der Waals surface area contributed by atoms with E-state index in [0.29, 0.717) is 11.0 Å². The van der Waals surface area contributed by atoms with Gasteiger partial charge in [-0.3, -0.25) is 18.9 Å². The summed E-state index contributed by atoms with van der Waals surface area (Å²) in [5.41, 5.74) is 0.350. The highest BCUT2D eigenvalue weighted by atomic mass is 35.5. The fourth-order valence-corrected chi connectivity index (χ4v) is 1.81. The maximum absolute atomic E-state index is 11.0. The first-order chi connectivity index (χ1) is 9.91. The second kappa shape index (κ2) is 8.16. The van der Waals surface area contributed by atoms with Gasteiger partial charge in [-0.2, -0.15) is 5.10 Å². The number of phosphoric ester groups is 1. The summed E-state index contributed by atoms with van der Waals surface area (Å²) in [6.07, 6.45) is 3.65. The normalized spacial score (nSPS) is 10.7. The number of nitrogens with zero attached hydrogens (tertiary/aromatic N) is 2. The maximum atomic E-state index is 11.0. The minimum atomic E-state index is -3.48. The predicted molar refractivity (Wildman–Crippen MR) is 77.0 cm³/mol. The Labute approximate surface area is 128 Å². The van der Waals surface area contributed by atoms with Crippen molar-refractivity contribution >= 4 is 42.1 Å². The smallest absolute Gasteiger partial charge is 0.409 e. The maximum Gasteiger partial charge on any atom is 0.529 e. The first-order valence-corrected chi connectivity index (χ1v) is 7.41. The fraction of sp³-hybridized carbons (Fsp3) is 0.222. The Balaban J connectivity index is 0.000000210. The van der Waals surface area contributed by atoms with Gasteiger partial charge in [-0.15, -0.1) is 0 Å². The van der Waals surface area contributed by atoms with Gasteiger partial charge in [0.25, 0.3) is 5.56 Å². The lowest BCUT2D eigenvalue weighted by Gasteiger charge is -2.10. The van der Waals surface area contributed by atoms with Crippen molar-refractivity contribution in [2.75, 3.05) is 14.2 Å². The first kappa shape index (κ1) is 17.7. The number of aromatic amines is 2. The summed E-state index contributed by atoms with van der Waals surface area (Å²) in [6, 6.07) is 0. The Morgan fingerprint density at radius 3 is 2.57 bits per heavy atom. The Kier molecular flexibility index (Phi) is 6.86. The van der Waals surface area contributed by atoms with Gasteiger partial charge in [0.15, 0.2) is 5.65 Å². The second-order valence-electron chi connectivity index (χ2n) is 3.19. The molecule has 0 fully saturated rings. The Morgan fingerprint density at radius 1 is 1.38 bits per heavy atom. The summed E-state index contributed by atoms with van der Waals surface area (Å²) >= 11 is 10.3. The van der Waals surface area contributed by atoms with Gasteiger partial charge in [0.2, 0.25) is 0 Å². The molecule has 2 rings (SSSR count). The van der Waals surface area contributed by atoms with Gasteiger partial charge in [-0.1, -0.05) is 23.2 Å². The Hall–Kier alpha value is -1.38. The molecule has 0 aliphatic carbocycles. The van der Waals surface area contributed by atoms with Crippen molar-refractivity contribution in [1.82, 2.24) is 20.2 Å². The SMILES string of the molecule is COP(=O)(OC)OC=C(Cl)Cl.O=c1[nH]cnc2[nH]ncc12. The van der Waals surface area contributed by atoms with Crippen LogP contribution < -0.4 is 5.56 Å². The highest BCUT2D eigenvalue weighted by molar-refractivity contribution is 7.48. The second-order valence-corrected chi connectivity index (χ2v) is 6.03. The van der Waals surface area contributed by atoms with Gasteiger partial charge in [0, 0.05) is 14.2 Å². The number of phosphoric acid groups is 1. The molecule has 0 atom stereocenters. The van der Waals surface area contributed by atoms with E-state index in [-0.39, 0.29) is 10.1 Å². The van der Waals surface area contributed by atoms with E-state index in [4.69, 9.17) is 23.2 Å². The van der Waals surface area contributed by atoms with Crippen molar-refractivity contribution < 1.29 is 18.1 Å². The zero-order chi connectivity index (χ0) is 15.9. The zero-order valence-corrected chi connectivity index (χ0v) is 13.3. The summed E-state index contributed by atoms with van der Waals surface area (Å²) in [6.45, 7) is 0. The number of H-pyrrole nitrogens is 2. The number of halogens is 2. The summed E-state index contributed by atoms with van der Waals surface area (Å²) in [7, 11) is -1.12. The number of nitrogens with one attached hydrogen (secondary N) is 2. The molecule has 12 heteroatoms. The van der Waals surface area contributed by atoms with E-state index in [2.05, 4.69) is 33.7 Å². The van der Waals surface area contributed by atoms with Crippen molar-refractivity contribution in [3.63, 3.8) is 0 Å². The summed E-state index contributed by atoms with van der Waals surface area (Å²) in [5, 5.41) is 6.72. The summed E-state index contributed by atoms with van der Waals surface area (Å²) in [5.74, 6) is 0. The molecule has 2 aromatic heterocycles. The van der Waals surface area contributed by atoms with Crippen molar-refractivity contribution in [3.8, 4) is 0 Å².